The maximum absolute atomic E-state index is 13.8. The van der Waals surface area contributed by atoms with E-state index >= 15 is 0 Å². The second kappa shape index (κ2) is 9.37. The van der Waals surface area contributed by atoms with E-state index in [-0.39, 0.29) is 23.8 Å². The number of benzene rings is 2. The molecule has 1 fully saturated rings. The molecule has 2 aromatic carbocycles. The monoisotopic (exact) mass is 496 g/mol. The minimum absolute atomic E-state index is 0.0394. The van der Waals surface area contributed by atoms with Crippen molar-refractivity contribution in [3.05, 3.63) is 88.0 Å². The SMILES string of the molecule is COc1cccc2c1n(Cc1ccccc1C(F)(F)F)c(=O)n2C1CCN(c2ncccc2C)CC1. The summed E-state index contributed by atoms with van der Waals surface area (Å²) < 4.78 is 49.7. The first kappa shape index (κ1) is 24.0. The van der Waals surface area contributed by atoms with E-state index in [1.807, 2.05) is 25.1 Å². The molecular formula is C27H27F3N4O2. The average Bonchev–Trinajstić information content (AvgIpc) is 3.15. The lowest BCUT2D eigenvalue weighted by atomic mass is 10.0. The summed E-state index contributed by atoms with van der Waals surface area (Å²) in [7, 11) is 1.50. The van der Waals surface area contributed by atoms with Crippen LogP contribution in [0.4, 0.5) is 19.0 Å². The number of methoxy groups -OCH3 is 1. The summed E-state index contributed by atoms with van der Waals surface area (Å²) in [5, 5.41) is 0. The lowest BCUT2D eigenvalue weighted by Gasteiger charge is -2.34. The zero-order valence-corrected chi connectivity index (χ0v) is 20.1. The third-order valence-electron chi connectivity index (χ3n) is 6.93. The normalized spacial score (nSPS) is 15.0. The standard InChI is InChI=1S/C27H27F3N4O2/c1-18-7-6-14-31-25(18)32-15-12-20(13-16-32)34-22-10-5-11-23(36-2)24(22)33(26(34)35)17-19-8-3-4-9-21(19)27(28,29)30/h3-11,14,20H,12-13,15-17H2,1-2H3. The van der Waals surface area contributed by atoms with Crippen molar-refractivity contribution in [2.45, 2.75) is 38.5 Å². The van der Waals surface area contributed by atoms with Crippen molar-refractivity contribution < 1.29 is 17.9 Å². The van der Waals surface area contributed by atoms with Crippen LogP contribution in [0.25, 0.3) is 11.0 Å². The van der Waals surface area contributed by atoms with Gasteiger partial charge >= 0.3 is 11.9 Å². The molecule has 3 heterocycles. The number of anilines is 1. The number of imidazole rings is 1. The number of aryl methyl sites for hydroxylation is 1. The summed E-state index contributed by atoms with van der Waals surface area (Å²) in [4.78, 5) is 20.5. The van der Waals surface area contributed by atoms with Crippen molar-refractivity contribution in [3.63, 3.8) is 0 Å². The van der Waals surface area contributed by atoms with Crippen LogP contribution in [-0.4, -0.2) is 34.3 Å². The summed E-state index contributed by atoms with van der Waals surface area (Å²) >= 11 is 0. The van der Waals surface area contributed by atoms with E-state index in [4.69, 9.17) is 4.74 Å². The highest BCUT2D eigenvalue weighted by Crippen LogP contribution is 2.35. The number of piperidine rings is 1. The minimum Gasteiger partial charge on any atom is -0.494 e. The number of aromatic nitrogens is 3. The molecule has 0 saturated carbocycles. The lowest BCUT2D eigenvalue weighted by Crippen LogP contribution is -2.38. The molecular weight excluding hydrogens is 469 g/mol. The Labute approximate surface area is 206 Å². The number of alkyl halides is 3. The molecule has 0 aliphatic carbocycles. The van der Waals surface area contributed by atoms with Crippen LogP contribution >= 0.6 is 0 Å². The fourth-order valence-corrected chi connectivity index (χ4v) is 5.22. The van der Waals surface area contributed by atoms with E-state index in [0.29, 0.717) is 29.6 Å². The number of rotatable bonds is 5. The Hall–Kier alpha value is -3.75. The van der Waals surface area contributed by atoms with Gasteiger partial charge in [-0.3, -0.25) is 9.13 Å². The summed E-state index contributed by atoms with van der Waals surface area (Å²) in [6, 6.07) is 14.6. The molecule has 1 aliphatic heterocycles. The Bertz CT molecular complexity index is 1450. The number of nitrogens with zero attached hydrogens (tertiary/aromatic N) is 4. The largest absolute Gasteiger partial charge is 0.494 e. The molecule has 4 aromatic rings. The van der Waals surface area contributed by atoms with Crippen molar-refractivity contribution in [2.75, 3.05) is 25.1 Å². The molecule has 0 atom stereocenters. The van der Waals surface area contributed by atoms with Crippen molar-refractivity contribution in [2.24, 2.45) is 0 Å². The van der Waals surface area contributed by atoms with E-state index in [2.05, 4.69) is 9.88 Å². The van der Waals surface area contributed by atoms with Crippen molar-refractivity contribution in [1.29, 1.82) is 0 Å². The highest BCUT2D eigenvalue weighted by atomic mass is 19.4. The fourth-order valence-electron chi connectivity index (χ4n) is 5.22. The van der Waals surface area contributed by atoms with Gasteiger partial charge in [-0.15, -0.1) is 0 Å². The van der Waals surface area contributed by atoms with Gasteiger partial charge in [0.25, 0.3) is 0 Å². The van der Waals surface area contributed by atoms with Crippen molar-refractivity contribution >= 4 is 16.9 Å². The molecule has 9 heteroatoms. The number of hydrogen-bond acceptors (Lipinski definition) is 4. The molecule has 36 heavy (non-hydrogen) atoms. The van der Waals surface area contributed by atoms with E-state index < -0.39 is 11.7 Å². The topological polar surface area (TPSA) is 52.3 Å². The average molecular weight is 497 g/mol. The van der Waals surface area contributed by atoms with Gasteiger partial charge in [-0.1, -0.05) is 30.3 Å². The van der Waals surface area contributed by atoms with E-state index in [1.165, 1.54) is 23.8 Å². The Morgan fingerprint density at radius 3 is 2.47 bits per heavy atom. The second-order valence-electron chi connectivity index (χ2n) is 9.08. The van der Waals surface area contributed by atoms with Crippen LogP contribution in [0.5, 0.6) is 5.75 Å². The first-order chi connectivity index (χ1) is 17.3. The quantitative estimate of drug-likeness (QED) is 0.370. The number of hydrogen-bond donors (Lipinski definition) is 0. The molecule has 1 aliphatic rings. The molecule has 188 valence electrons. The zero-order chi connectivity index (χ0) is 25.4. The Morgan fingerprint density at radius 2 is 1.78 bits per heavy atom. The number of fused-ring (bicyclic) bond motifs is 1. The van der Waals surface area contributed by atoms with Gasteiger partial charge in [-0.25, -0.2) is 9.78 Å². The van der Waals surface area contributed by atoms with Crippen LogP contribution in [0.2, 0.25) is 0 Å². The van der Waals surface area contributed by atoms with Gasteiger partial charge in [0.15, 0.2) is 0 Å². The number of ether oxygens (including phenoxy) is 1. The van der Waals surface area contributed by atoms with Gasteiger partial charge < -0.3 is 9.64 Å². The summed E-state index contributed by atoms with van der Waals surface area (Å²) in [6.45, 7) is 3.27. The van der Waals surface area contributed by atoms with Crippen LogP contribution < -0.4 is 15.3 Å². The van der Waals surface area contributed by atoms with Crippen molar-refractivity contribution in [1.82, 2.24) is 14.1 Å². The first-order valence-corrected chi connectivity index (χ1v) is 11.9. The Kier molecular flexibility index (Phi) is 6.24. The lowest BCUT2D eigenvalue weighted by molar-refractivity contribution is -0.138. The third-order valence-corrected chi connectivity index (χ3v) is 6.93. The second-order valence-corrected chi connectivity index (χ2v) is 9.08. The van der Waals surface area contributed by atoms with Crippen LogP contribution in [-0.2, 0) is 12.7 Å². The van der Waals surface area contributed by atoms with E-state index in [0.717, 1.165) is 30.5 Å². The Balaban J connectivity index is 1.55. The molecule has 0 radical (unpaired) electrons. The minimum atomic E-state index is -4.51. The zero-order valence-electron chi connectivity index (χ0n) is 20.1. The molecule has 0 bridgehead atoms. The van der Waals surface area contributed by atoms with Gasteiger partial charge in [0.2, 0.25) is 0 Å². The number of halogens is 3. The van der Waals surface area contributed by atoms with Gasteiger partial charge in [0.05, 0.1) is 24.7 Å². The van der Waals surface area contributed by atoms with Gasteiger partial charge in [-0.2, -0.15) is 13.2 Å². The molecule has 0 N–H and O–H groups in total. The fraction of sp³-hybridized carbons (Fsp3) is 0.333. The van der Waals surface area contributed by atoms with Crippen LogP contribution in [0, 0.1) is 6.92 Å². The van der Waals surface area contributed by atoms with Crippen LogP contribution in [0.3, 0.4) is 0 Å². The molecule has 1 saturated heterocycles. The van der Waals surface area contributed by atoms with Crippen LogP contribution in [0.15, 0.2) is 65.6 Å². The molecule has 0 amide bonds. The van der Waals surface area contributed by atoms with Gasteiger partial charge in [-0.05, 0) is 55.2 Å². The highest BCUT2D eigenvalue weighted by Gasteiger charge is 2.34. The predicted molar refractivity (Wildman–Crippen MR) is 133 cm³/mol. The van der Waals surface area contributed by atoms with Gasteiger partial charge in [0.1, 0.15) is 17.1 Å². The molecule has 5 rings (SSSR count). The third kappa shape index (κ3) is 4.23. The first-order valence-electron chi connectivity index (χ1n) is 11.9. The summed E-state index contributed by atoms with van der Waals surface area (Å²) in [5.41, 5.74) is 1.22. The smallest absolute Gasteiger partial charge is 0.416 e. The van der Waals surface area contributed by atoms with E-state index in [1.54, 1.807) is 29.0 Å². The van der Waals surface area contributed by atoms with E-state index in [9.17, 15) is 18.0 Å². The Morgan fingerprint density at radius 1 is 1.03 bits per heavy atom. The van der Waals surface area contributed by atoms with Crippen LogP contribution in [0.1, 0.15) is 35.6 Å². The number of pyridine rings is 1. The molecule has 0 spiro atoms. The maximum Gasteiger partial charge on any atom is 0.416 e. The van der Waals surface area contributed by atoms with Crippen molar-refractivity contribution in [3.8, 4) is 5.75 Å². The molecule has 6 nitrogen and oxygen atoms in total. The molecule has 0 unspecified atom stereocenters. The highest BCUT2D eigenvalue weighted by molar-refractivity contribution is 5.83. The predicted octanol–water partition coefficient (Wildman–Crippen LogP) is 5.42. The van der Waals surface area contributed by atoms with Gasteiger partial charge in [0, 0.05) is 25.3 Å². The maximum atomic E-state index is 13.8. The molecule has 2 aromatic heterocycles. The summed E-state index contributed by atoms with van der Waals surface area (Å²) in [5.74, 6) is 1.39. The summed E-state index contributed by atoms with van der Waals surface area (Å²) in [6.07, 6.45) is -1.31. The number of para-hydroxylation sites is 1.